The molecular weight excluding hydrogens is 647 g/mol. The van der Waals surface area contributed by atoms with E-state index in [2.05, 4.69) is 4.90 Å². The van der Waals surface area contributed by atoms with E-state index in [9.17, 15) is 21.6 Å². The van der Waals surface area contributed by atoms with Crippen molar-refractivity contribution >= 4 is 47.4 Å². The van der Waals surface area contributed by atoms with Gasteiger partial charge in [-0.3, -0.25) is 9.69 Å². The summed E-state index contributed by atoms with van der Waals surface area (Å²) in [4.78, 5) is 17.2. The molecule has 46 heavy (non-hydrogen) atoms. The van der Waals surface area contributed by atoms with Crippen LogP contribution < -0.4 is 13.1 Å². The molecule has 246 valence electrons. The Bertz CT molecular complexity index is 1860. The molecule has 0 atom stereocenters. The first-order valence-corrected chi connectivity index (χ1v) is 19.6. The van der Waals surface area contributed by atoms with E-state index in [0.717, 1.165) is 19.6 Å². The maximum absolute atomic E-state index is 14.1. The molecule has 0 bridgehead atoms. The van der Waals surface area contributed by atoms with Gasteiger partial charge in [-0.2, -0.15) is 16.8 Å². The molecule has 9 nitrogen and oxygen atoms in total. The quantitative estimate of drug-likeness (QED) is 0.0973. The van der Waals surface area contributed by atoms with Gasteiger partial charge in [0.15, 0.2) is 5.78 Å². The summed E-state index contributed by atoms with van der Waals surface area (Å²) in [6, 6.07) is 18.5. The summed E-state index contributed by atoms with van der Waals surface area (Å²) in [5.74, 6) is 0.629. The van der Waals surface area contributed by atoms with Crippen LogP contribution in [0.15, 0.2) is 66.7 Å². The first-order valence-electron chi connectivity index (χ1n) is 15.6. The first kappa shape index (κ1) is 33.9. The van der Waals surface area contributed by atoms with E-state index in [-0.39, 0.29) is 28.8 Å². The molecule has 4 aromatic rings. The maximum Gasteiger partial charge on any atom is 0.309 e. The molecular formula is C34H39NO8S3. The van der Waals surface area contributed by atoms with E-state index in [4.69, 9.17) is 13.1 Å². The molecule has 0 aliphatic carbocycles. The van der Waals surface area contributed by atoms with Gasteiger partial charge < -0.3 is 13.1 Å². The highest BCUT2D eigenvalue weighted by atomic mass is 32.2. The highest BCUT2D eigenvalue weighted by Crippen LogP contribution is 2.42. The molecule has 1 saturated heterocycles. The normalized spacial score (nSPS) is 14.3. The minimum atomic E-state index is -3.75. The number of carbonyl (C=O) groups is 1. The molecule has 0 spiro atoms. The summed E-state index contributed by atoms with van der Waals surface area (Å²) in [5.41, 5.74) is 1.61. The number of piperidine rings is 1. The fourth-order valence-electron chi connectivity index (χ4n) is 5.42. The lowest BCUT2D eigenvalue weighted by Crippen LogP contribution is -2.33. The fraction of sp³-hybridized carbons (Fsp3) is 0.382. The summed E-state index contributed by atoms with van der Waals surface area (Å²) >= 11 is 1.32. The summed E-state index contributed by atoms with van der Waals surface area (Å²) in [6.45, 7) is 7.16. The molecule has 2 heterocycles. The molecule has 3 aromatic carbocycles. The van der Waals surface area contributed by atoms with Crippen LogP contribution in [0.3, 0.4) is 0 Å². The first-order chi connectivity index (χ1) is 22.1. The Labute approximate surface area is 275 Å². The van der Waals surface area contributed by atoms with Crippen molar-refractivity contribution in [3.8, 4) is 27.7 Å². The summed E-state index contributed by atoms with van der Waals surface area (Å²) in [6.07, 6.45) is 4.59. The van der Waals surface area contributed by atoms with E-state index in [1.54, 1.807) is 80.6 Å². The van der Waals surface area contributed by atoms with Gasteiger partial charge in [-0.1, -0.05) is 20.3 Å². The molecule has 1 aliphatic rings. The second-order valence-corrected chi connectivity index (χ2v) is 15.7. The van der Waals surface area contributed by atoms with Crippen LogP contribution in [0.25, 0.3) is 20.5 Å². The van der Waals surface area contributed by atoms with Crippen LogP contribution in [-0.2, 0) is 20.2 Å². The number of nitrogens with zero attached hydrogens (tertiary/aromatic N) is 1. The number of ether oxygens (including phenoxy) is 1. The molecule has 0 N–H and O–H groups in total. The number of fused-ring (bicyclic) bond motifs is 1. The van der Waals surface area contributed by atoms with Crippen LogP contribution in [0.4, 0.5) is 0 Å². The van der Waals surface area contributed by atoms with Crippen molar-refractivity contribution in [1.82, 2.24) is 4.90 Å². The number of benzene rings is 3. The van der Waals surface area contributed by atoms with Crippen LogP contribution in [0.2, 0.25) is 0 Å². The van der Waals surface area contributed by atoms with E-state index in [1.165, 1.54) is 30.6 Å². The Morgan fingerprint density at radius 3 is 1.98 bits per heavy atom. The average molecular weight is 686 g/mol. The number of likely N-dealkylation sites (tertiary alicyclic amines) is 1. The van der Waals surface area contributed by atoms with Gasteiger partial charge in [0.25, 0.3) is 0 Å². The average Bonchev–Trinajstić information content (AvgIpc) is 3.40. The lowest BCUT2D eigenvalue weighted by atomic mass is 9.97. The van der Waals surface area contributed by atoms with E-state index < -0.39 is 20.2 Å². The van der Waals surface area contributed by atoms with Gasteiger partial charge in [-0.15, -0.1) is 11.3 Å². The third kappa shape index (κ3) is 8.67. The van der Waals surface area contributed by atoms with Crippen molar-refractivity contribution in [3.63, 3.8) is 0 Å². The minimum Gasteiger partial charge on any atom is -0.492 e. The third-order valence-corrected chi connectivity index (χ3v) is 11.5. The van der Waals surface area contributed by atoms with Gasteiger partial charge in [-0.05, 0) is 111 Å². The minimum absolute atomic E-state index is 0.0929. The van der Waals surface area contributed by atoms with Crippen molar-refractivity contribution in [1.29, 1.82) is 0 Å². The van der Waals surface area contributed by atoms with Crippen LogP contribution in [0, 0.1) is 0 Å². The Kier molecular flexibility index (Phi) is 11.0. The molecule has 1 fully saturated rings. The molecule has 0 amide bonds. The zero-order valence-electron chi connectivity index (χ0n) is 26.1. The number of hydrogen-bond donors (Lipinski definition) is 0. The monoisotopic (exact) mass is 685 g/mol. The number of ketones is 1. The smallest absolute Gasteiger partial charge is 0.309 e. The van der Waals surface area contributed by atoms with E-state index in [1.807, 2.05) is 0 Å². The molecule has 0 unspecified atom stereocenters. The molecule has 0 saturated carbocycles. The number of rotatable bonds is 15. The lowest BCUT2D eigenvalue weighted by Gasteiger charge is -2.26. The molecule has 12 heteroatoms. The molecule has 0 radical (unpaired) electrons. The number of carbonyl (C=O) groups excluding carboxylic acids is 1. The largest absolute Gasteiger partial charge is 0.492 e. The number of thiophene rings is 1. The highest BCUT2D eigenvalue weighted by molar-refractivity contribution is 7.87. The fourth-order valence-corrected chi connectivity index (χ4v) is 8.62. The third-order valence-electron chi connectivity index (χ3n) is 7.60. The standard InChI is InChI=1S/C34H39NO8S3/c1-3-22-45(37,38)42-28-14-10-26(11-15-28)34-32(30-17-16-29(24-31(30)44-34)43-46(39,40)23-4-2)33(36)25-8-12-27(13-9-25)41-21-20-35-18-6-5-7-19-35/h8-17,24H,3-7,18-23H2,1-2H3. The van der Waals surface area contributed by atoms with Crippen molar-refractivity contribution in [2.75, 3.05) is 37.7 Å². The van der Waals surface area contributed by atoms with Gasteiger partial charge >= 0.3 is 20.2 Å². The van der Waals surface area contributed by atoms with E-state index >= 15 is 0 Å². The van der Waals surface area contributed by atoms with Crippen molar-refractivity contribution in [2.24, 2.45) is 0 Å². The second-order valence-electron chi connectivity index (χ2n) is 11.3. The van der Waals surface area contributed by atoms with Crippen molar-refractivity contribution < 1.29 is 34.7 Å². The summed E-state index contributed by atoms with van der Waals surface area (Å²) < 4.78 is 66.2. The van der Waals surface area contributed by atoms with Gasteiger partial charge in [-0.25, -0.2) is 0 Å². The molecule has 5 rings (SSSR count). The van der Waals surface area contributed by atoms with Crippen molar-refractivity contribution in [3.05, 3.63) is 77.9 Å². The zero-order chi connectivity index (χ0) is 32.7. The van der Waals surface area contributed by atoms with Gasteiger partial charge in [0.1, 0.15) is 23.9 Å². The Balaban J connectivity index is 1.44. The van der Waals surface area contributed by atoms with Gasteiger partial charge in [0.05, 0.1) is 11.5 Å². The van der Waals surface area contributed by atoms with Gasteiger partial charge in [0, 0.05) is 32.6 Å². The van der Waals surface area contributed by atoms with Crippen LogP contribution in [-0.4, -0.2) is 65.3 Å². The SMILES string of the molecule is CCCS(=O)(=O)Oc1ccc(-c2sc3cc(OS(=O)(=O)CCC)ccc3c2C(=O)c2ccc(OCCN3CCCCC3)cc2)cc1. The van der Waals surface area contributed by atoms with Gasteiger partial charge in [0.2, 0.25) is 0 Å². The Morgan fingerprint density at radius 2 is 1.35 bits per heavy atom. The van der Waals surface area contributed by atoms with E-state index in [0.29, 0.717) is 56.9 Å². The zero-order valence-corrected chi connectivity index (χ0v) is 28.5. The summed E-state index contributed by atoms with van der Waals surface area (Å²) in [7, 11) is -7.46. The van der Waals surface area contributed by atoms with Crippen LogP contribution in [0.1, 0.15) is 61.9 Å². The predicted molar refractivity (Wildman–Crippen MR) is 182 cm³/mol. The number of hydrogen-bond acceptors (Lipinski definition) is 10. The second kappa shape index (κ2) is 15.0. The summed E-state index contributed by atoms with van der Waals surface area (Å²) in [5, 5.41) is 0.651. The Hall–Kier alpha value is -3.45. The lowest BCUT2D eigenvalue weighted by molar-refractivity contribution is 0.104. The maximum atomic E-state index is 14.1. The topological polar surface area (TPSA) is 116 Å². The van der Waals surface area contributed by atoms with Crippen LogP contribution >= 0.6 is 11.3 Å². The Morgan fingerprint density at radius 1 is 0.761 bits per heavy atom. The van der Waals surface area contributed by atoms with Crippen molar-refractivity contribution in [2.45, 2.75) is 46.0 Å². The molecule has 1 aliphatic heterocycles. The predicted octanol–water partition coefficient (Wildman–Crippen LogP) is 6.90. The highest BCUT2D eigenvalue weighted by Gasteiger charge is 2.23. The molecule has 1 aromatic heterocycles. The van der Waals surface area contributed by atoms with Crippen LogP contribution in [0.5, 0.6) is 17.2 Å².